The standard InChI is InChI=1S/C44H37N/c1-5-29(3)31-15-21-34(22-16-31)45(33-19-12-28(2)13-20-33)35-23-17-32(18-24-35)37-26-27-42-41-25-14-30(4)36-8-6-10-39(43(36)41)40-11-7-9-38(37)44(40)42/h6-27,29H,5H2,1-4H3. The Labute approximate surface area is 265 Å². The van der Waals surface area contributed by atoms with Gasteiger partial charge in [-0.1, -0.05) is 116 Å². The summed E-state index contributed by atoms with van der Waals surface area (Å²) in [4.78, 5) is 2.36. The van der Waals surface area contributed by atoms with E-state index in [4.69, 9.17) is 0 Å². The van der Waals surface area contributed by atoms with Gasteiger partial charge >= 0.3 is 0 Å². The summed E-state index contributed by atoms with van der Waals surface area (Å²) in [6.07, 6.45) is 1.14. The van der Waals surface area contributed by atoms with Gasteiger partial charge in [0.1, 0.15) is 0 Å². The average molecular weight is 580 g/mol. The molecule has 8 aromatic rings. The van der Waals surface area contributed by atoms with E-state index in [-0.39, 0.29) is 0 Å². The Hall–Kier alpha value is -5.14. The van der Waals surface area contributed by atoms with E-state index in [0.29, 0.717) is 5.92 Å². The first-order chi connectivity index (χ1) is 22.0. The van der Waals surface area contributed by atoms with Crippen LogP contribution in [0.5, 0.6) is 0 Å². The zero-order valence-corrected chi connectivity index (χ0v) is 26.4. The second-order valence-electron chi connectivity index (χ2n) is 12.7. The third kappa shape index (κ3) is 4.46. The number of anilines is 3. The second-order valence-corrected chi connectivity index (χ2v) is 12.7. The van der Waals surface area contributed by atoms with Crippen molar-refractivity contribution >= 4 is 60.2 Å². The molecule has 0 fully saturated rings. The largest absolute Gasteiger partial charge is 0.311 e. The predicted molar refractivity (Wildman–Crippen MR) is 196 cm³/mol. The van der Waals surface area contributed by atoms with Crippen molar-refractivity contribution in [2.24, 2.45) is 0 Å². The Balaban J connectivity index is 1.26. The number of hydrogen-bond donors (Lipinski definition) is 0. The zero-order valence-electron chi connectivity index (χ0n) is 26.4. The van der Waals surface area contributed by atoms with Crippen molar-refractivity contribution in [2.75, 3.05) is 4.90 Å². The van der Waals surface area contributed by atoms with Gasteiger partial charge in [0.15, 0.2) is 0 Å². The van der Waals surface area contributed by atoms with Crippen LogP contribution in [0.2, 0.25) is 0 Å². The quantitative estimate of drug-likeness (QED) is 0.140. The van der Waals surface area contributed by atoms with Gasteiger partial charge in [-0.25, -0.2) is 0 Å². The maximum atomic E-state index is 2.36. The topological polar surface area (TPSA) is 3.24 Å². The summed E-state index contributed by atoms with van der Waals surface area (Å²) >= 11 is 0. The highest BCUT2D eigenvalue weighted by atomic mass is 15.1. The van der Waals surface area contributed by atoms with Crippen LogP contribution in [0, 0.1) is 13.8 Å². The molecule has 1 atom stereocenters. The maximum Gasteiger partial charge on any atom is 0.0462 e. The summed E-state index contributed by atoms with van der Waals surface area (Å²) in [6, 6.07) is 49.9. The smallest absolute Gasteiger partial charge is 0.0462 e. The Morgan fingerprint density at radius 3 is 1.60 bits per heavy atom. The normalized spacial score (nSPS) is 12.4. The van der Waals surface area contributed by atoms with E-state index in [0.717, 1.165) is 17.8 Å². The highest BCUT2D eigenvalue weighted by Crippen LogP contribution is 2.44. The molecule has 0 aromatic heterocycles. The monoisotopic (exact) mass is 579 g/mol. The van der Waals surface area contributed by atoms with Crippen molar-refractivity contribution in [1.29, 1.82) is 0 Å². The van der Waals surface area contributed by atoms with Crippen LogP contribution < -0.4 is 4.90 Å². The van der Waals surface area contributed by atoms with Crippen molar-refractivity contribution in [3.8, 4) is 11.1 Å². The molecule has 0 radical (unpaired) electrons. The van der Waals surface area contributed by atoms with Gasteiger partial charge in [0, 0.05) is 17.1 Å². The first-order valence-corrected chi connectivity index (χ1v) is 16.2. The molecule has 0 spiro atoms. The Morgan fingerprint density at radius 2 is 0.978 bits per heavy atom. The van der Waals surface area contributed by atoms with Gasteiger partial charge in [-0.2, -0.15) is 0 Å². The molecule has 8 aromatic carbocycles. The van der Waals surface area contributed by atoms with Gasteiger partial charge in [-0.05, 0) is 128 Å². The number of aryl methyl sites for hydroxylation is 2. The molecular weight excluding hydrogens is 542 g/mol. The van der Waals surface area contributed by atoms with Crippen LogP contribution in [0.4, 0.5) is 17.1 Å². The molecule has 0 saturated heterocycles. The molecule has 0 aliphatic heterocycles. The fourth-order valence-electron chi connectivity index (χ4n) is 7.23. The molecule has 0 saturated carbocycles. The second kappa shape index (κ2) is 10.8. The highest BCUT2D eigenvalue weighted by Gasteiger charge is 2.17. The third-order valence-electron chi connectivity index (χ3n) is 9.94. The summed E-state index contributed by atoms with van der Waals surface area (Å²) in [6.45, 7) is 8.91. The minimum absolute atomic E-state index is 0.554. The van der Waals surface area contributed by atoms with E-state index < -0.39 is 0 Å². The number of hydrogen-bond acceptors (Lipinski definition) is 1. The lowest BCUT2D eigenvalue weighted by Crippen LogP contribution is -2.10. The minimum Gasteiger partial charge on any atom is -0.311 e. The number of benzene rings is 8. The molecule has 0 amide bonds. The summed E-state index contributed by atoms with van der Waals surface area (Å²) in [5.74, 6) is 0.554. The molecule has 1 heteroatoms. The molecular formula is C44H37N. The van der Waals surface area contributed by atoms with Crippen molar-refractivity contribution in [1.82, 2.24) is 0 Å². The van der Waals surface area contributed by atoms with Crippen LogP contribution in [0.15, 0.2) is 133 Å². The van der Waals surface area contributed by atoms with Gasteiger partial charge in [-0.15, -0.1) is 0 Å². The van der Waals surface area contributed by atoms with Crippen LogP contribution in [-0.2, 0) is 0 Å². The fraction of sp³-hybridized carbons (Fsp3) is 0.136. The van der Waals surface area contributed by atoms with Gasteiger partial charge in [0.2, 0.25) is 0 Å². The molecule has 218 valence electrons. The lowest BCUT2D eigenvalue weighted by Gasteiger charge is -2.26. The summed E-state index contributed by atoms with van der Waals surface area (Å²) in [5.41, 5.74) is 9.95. The lowest BCUT2D eigenvalue weighted by molar-refractivity contribution is 0.733. The van der Waals surface area contributed by atoms with E-state index in [1.165, 1.54) is 76.6 Å². The maximum absolute atomic E-state index is 2.36. The lowest BCUT2D eigenvalue weighted by atomic mass is 9.86. The van der Waals surface area contributed by atoms with E-state index >= 15 is 0 Å². The third-order valence-corrected chi connectivity index (χ3v) is 9.94. The molecule has 45 heavy (non-hydrogen) atoms. The molecule has 0 aliphatic carbocycles. The zero-order chi connectivity index (χ0) is 30.7. The van der Waals surface area contributed by atoms with Crippen LogP contribution in [0.3, 0.4) is 0 Å². The van der Waals surface area contributed by atoms with Crippen LogP contribution in [0.1, 0.15) is 42.9 Å². The predicted octanol–water partition coefficient (Wildman–Crippen LogP) is 13.0. The Morgan fingerprint density at radius 1 is 0.489 bits per heavy atom. The minimum atomic E-state index is 0.554. The molecule has 0 heterocycles. The number of fused-ring (bicyclic) bond motifs is 2. The van der Waals surface area contributed by atoms with Gasteiger partial charge in [0.25, 0.3) is 0 Å². The SMILES string of the molecule is CCC(C)c1ccc(N(c2ccc(C)cc2)c2ccc(-c3ccc4c5ccc(C)c6cccc(c7cccc3c74)c65)cc2)cc1. The van der Waals surface area contributed by atoms with Crippen molar-refractivity contribution in [2.45, 2.75) is 40.0 Å². The van der Waals surface area contributed by atoms with Crippen molar-refractivity contribution in [3.63, 3.8) is 0 Å². The molecule has 0 bridgehead atoms. The van der Waals surface area contributed by atoms with Crippen LogP contribution >= 0.6 is 0 Å². The summed E-state index contributed by atoms with van der Waals surface area (Å²) in [7, 11) is 0. The number of rotatable bonds is 6. The van der Waals surface area contributed by atoms with E-state index in [1.807, 2.05) is 0 Å². The van der Waals surface area contributed by atoms with E-state index in [9.17, 15) is 0 Å². The first kappa shape index (κ1) is 27.4. The fourth-order valence-corrected chi connectivity index (χ4v) is 7.23. The van der Waals surface area contributed by atoms with E-state index in [2.05, 4.69) is 166 Å². The summed E-state index contributed by atoms with van der Waals surface area (Å²) < 4.78 is 0. The molecule has 1 nitrogen and oxygen atoms in total. The van der Waals surface area contributed by atoms with Crippen molar-refractivity contribution < 1.29 is 0 Å². The molecule has 0 aliphatic rings. The van der Waals surface area contributed by atoms with E-state index in [1.54, 1.807) is 0 Å². The first-order valence-electron chi connectivity index (χ1n) is 16.2. The number of nitrogens with zero attached hydrogens (tertiary/aromatic N) is 1. The summed E-state index contributed by atoms with van der Waals surface area (Å²) in [5, 5.41) is 10.7. The molecule has 8 rings (SSSR count). The Bertz CT molecular complexity index is 2290. The Kier molecular flexibility index (Phi) is 6.57. The van der Waals surface area contributed by atoms with Gasteiger partial charge in [-0.3, -0.25) is 0 Å². The van der Waals surface area contributed by atoms with Gasteiger partial charge in [0.05, 0.1) is 0 Å². The molecule has 1 unspecified atom stereocenters. The van der Waals surface area contributed by atoms with Crippen molar-refractivity contribution in [3.05, 3.63) is 150 Å². The highest BCUT2D eigenvalue weighted by molar-refractivity contribution is 6.34. The van der Waals surface area contributed by atoms with Crippen LogP contribution in [0.25, 0.3) is 54.2 Å². The average Bonchev–Trinajstić information content (AvgIpc) is 3.09. The molecule has 0 N–H and O–H groups in total. The van der Waals surface area contributed by atoms with Crippen LogP contribution in [-0.4, -0.2) is 0 Å². The van der Waals surface area contributed by atoms with Gasteiger partial charge < -0.3 is 4.90 Å².